The summed E-state index contributed by atoms with van der Waals surface area (Å²) in [6.07, 6.45) is 0. The largest absolute Gasteiger partial charge is 0.422 e. The molecule has 1 aliphatic heterocycles. The van der Waals surface area contributed by atoms with Gasteiger partial charge in [0.05, 0.1) is 11.3 Å². The van der Waals surface area contributed by atoms with Gasteiger partial charge >= 0.3 is 5.97 Å². The molecule has 3 aromatic carbocycles. The number of para-hydroxylation sites is 1. The molecule has 172 valence electrons. The zero-order valence-corrected chi connectivity index (χ0v) is 20.0. The Morgan fingerprint density at radius 3 is 2.15 bits per heavy atom. The lowest BCUT2D eigenvalue weighted by molar-refractivity contribution is -0.120. The molecule has 1 N–H and O–H groups in total. The number of carbonyl (C=O) groups is 3. The fourth-order valence-corrected chi connectivity index (χ4v) is 3.95. The number of anilines is 2. The van der Waals surface area contributed by atoms with Crippen molar-refractivity contribution in [2.45, 2.75) is 27.7 Å². The maximum atomic E-state index is 13.1. The number of esters is 1. The molecular formula is C27H23ClN2O4. The summed E-state index contributed by atoms with van der Waals surface area (Å²) < 4.78 is 5.57. The number of carbonyl (C=O) groups excluding carboxylic acids is 3. The van der Waals surface area contributed by atoms with Gasteiger partial charge in [-0.15, -0.1) is 0 Å². The summed E-state index contributed by atoms with van der Waals surface area (Å²) in [7, 11) is 0. The van der Waals surface area contributed by atoms with Crippen LogP contribution in [0.1, 0.15) is 32.6 Å². The van der Waals surface area contributed by atoms with E-state index in [1.54, 1.807) is 30.3 Å². The van der Waals surface area contributed by atoms with E-state index in [0.29, 0.717) is 22.7 Å². The predicted octanol–water partition coefficient (Wildman–Crippen LogP) is 5.58. The lowest BCUT2D eigenvalue weighted by Crippen LogP contribution is -2.32. The molecule has 0 unspecified atom stereocenters. The van der Waals surface area contributed by atoms with Gasteiger partial charge in [0, 0.05) is 5.69 Å². The van der Waals surface area contributed by atoms with E-state index < -0.39 is 17.8 Å². The summed E-state index contributed by atoms with van der Waals surface area (Å²) in [5.74, 6) is -1.08. The molecule has 0 atom stereocenters. The van der Waals surface area contributed by atoms with E-state index in [1.807, 2.05) is 58.0 Å². The van der Waals surface area contributed by atoms with Crippen LogP contribution in [0.2, 0.25) is 0 Å². The van der Waals surface area contributed by atoms with Gasteiger partial charge in [0.1, 0.15) is 16.5 Å². The number of nitrogens with zero attached hydrogens (tertiary/aromatic N) is 1. The second kappa shape index (κ2) is 9.15. The van der Waals surface area contributed by atoms with E-state index in [-0.39, 0.29) is 10.7 Å². The maximum Gasteiger partial charge on any atom is 0.343 e. The zero-order valence-electron chi connectivity index (χ0n) is 19.2. The lowest BCUT2D eigenvalue weighted by atomic mass is 10.1. The van der Waals surface area contributed by atoms with Crippen LogP contribution in [0.3, 0.4) is 0 Å². The van der Waals surface area contributed by atoms with E-state index in [0.717, 1.165) is 27.2 Å². The van der Waals surface area contributed by atoms with Gasteiger partial charge in [0.25, 0.3) is 11.8 Å². The van der Waals surface area contributed by atoms with Crippen molar-refractivity contribution in [2.75, 3.05) is 10.2 Å². The van der Waals surface area contributed by atoms with Gasteiger partial charge in [-0.1, -0.05) is 41.9 Å². The first-order chi connectivity index (χ1) is 16.2. The second-order valence-corrected chi connectivity index (χ2v) is 8.62. The van der Waals surface area contributed by atoms with Crippen molar-refractivity contribution in [1.82, 2.24) is 0 Å². The highest BCUT2D eigenvalue weighted by molar-refractivity contribution is 6.53. The molecule has 1 heterocycles. The Hall–Kier alpha value is -3.90. The fraction of sp³-hybridized carbons (Fsp3) is 0.148. The molecule has 1 aliphatic rings. The van der Waals surface area contributed by atoms with Crippen molar-refractivity contribution in [3.05, 3.63) is 99.2 Å². The number of aryl methyl sites for hydroxylation is 4. The Morgan fingerprint density at radius 1 is 0.853 bits per heavy atom. The Bertz CT molecular complexity index is 1340. The third-order valence-electron chi connectivity index (χ3n) is 5.63. The van der Waals surface area contributed by atoms with Crippen LogP contribution in [0.5, 0.6) is 5.75 Å². The predicted molar refractivity (Wildman–Crippen MR) is 132 cm³/mol. The summed E-state index contributed by atoms with van der Waals surface area (Å²) in [5, 5.41) is 2.73. The monoisotopic (exact) mass is 474 g/mol. The topological polar surface area (TPSA) is 75.7 Å². The van der Waals surface area contributed by atoms with E-state index in [2.05, 4.69) is 5.32 Å². The van der Waals surface area contributed by atoms with Gasteiger partial charge in [-0.3, -0.25) is 9.59 Å². The van der Waals surface area contributed by atoms with Gasteiger partial charge < -0.3 is 10.1 Å². The van der Waals surface area contributed by atoms with Crippen LogP contribution < -0.4 is 15.0 Å². The molecule has 0 fully saturated rings. The van der Waals surface area contributed by atoms with E-state index >= 15 is 0 Å². The summed E-state index contributed by atoms with van der Waals surface area (Å²) in [4.78, 5) is 39.5. The molecule has 0 saturated heterocycles. The van der Waals surface area contributed by atoms with Crippen molar-refractivity contribution in [3.8, 4) is 5.75 Å². The molecular weight excluding hydrogens is 452 g/mol. The van der Waals surface area contributed by atoms with Crippen LogP contribution in [0.15, 0.2) is 71.4 Å². The molecule has 4 rings (SSSR count). The van der Waals surface area contributed by atoms with Crippen molar-refractivity contribution in [3.63, 3.8) is 0 Å². The maximum absolute atomic E-state index is 13.1. The van der Waals surface area contributed by atoms with Crippen molar-refractivity contribution < 1.29 is 19.1 Å². The van der Waals surface area contributed by atoms with Gasteiger partial charge in [0.15, 0.2) is 0 Å². The number of rotatable bonds is 5. The molecule has 0 aromatic heterocycles. The summed E-state index contributed by atoms with van der Waals surface area (Å²) in [6.45, 7) is 7.46. The first-order valence-electron chi connectivity index (χ1n) is 10.7. The van der Waals surface area contributed by atoms with Gasteiger partial charge in [0.2, 0.25) is 0 Å². The number of halogens is 1. The minimum atomic E-state index is -0.586. The van der Waals surface area contributed by atoms with Crippen molar-refractivity contribution >= 4 is 40.8 Å². The quantitative estimate of drug-likeness (QED) is 0.297. The van der Waals surface area contributed by atoms with Crippen LogP contribution in [-0.2, 0) is 9.59 Å². The second-order valence-electron chi connectivity index (χ2n) is 8.24. The summed E-state index contributed by atoms with van der Waals surface area (Å²) >= 11 is 6.24. The number of imide groups is 1. The van der Waals surface area contributed by atoms with Crippen LogP contribution >= 0.6 is 11.6 Å². The average molecular weight is 475 g/mol. The van der Waals surface area contributed by atoms with Crippen LogP contribution in [0.25, 0.3) is 0 Å². The molecule has 0 bridgehead atoms. The van der Waals surface area contributed by atoms with Crippen LogP contribution in [0.4, 0.5) is 11.4 Å². The highest BCUT2D eigenvalue weighted by atomic mass is 35.5. The number of hydrogen-bond acceptors (Lipinski definition) is 5. The average Bonchev–Trinajstić information content (AvgIpc) is 3.01. The molecule has 0 spiro atoms. The highest BCUT2D eigenvalue weighted by Gasteiger charge is 2.39. The Labute approximate surface area is 202 Å². The van der Waals surface area contributed by atoms with Gasteiger partial charge in [-0.25, -0.2) is 9.69 Å². The van der Waals surface area contributed by atoms with E-state index in [1.165, 1.54) is 0 Å². The first-order valence-corrected chi connectivity index (χ1v) is 11.1. The fourth-order valence-electron chi connectivity index (χ4n) is 3.74. The zero-order chi connectivity index (χ0) is 24.6. The Morgan fingerprint density at radius 2 is 1.50 bits per heavy atom. The molecule has 0 saturated carbocycles. The van der Waals surface area contributed by atoms with E-state index in [9.17, 15) is 14.4 Å². The van der Waals surface area contributed by atoms with Crippen molar-refractivity contribution in [1.29, 1.82) is 0 Å². The SMILES string of the molecule is Cc1ccc(C)c(N2C(=O)C(Cl)=C(Nc3ccc(C(=O)Oc4c(C)cccc4C)cc3)C2=O)c1. The minimum Gasteiger partial charge on any atom is -0.422 e. The number of ether oxygens (including phenoxy) is 1. The standard InChI is InChI=1S/C27H23ClN2O4/c1-15-8-9-16(2)21(14-15)30-25(31)22(28)23(26(30)32)29-20-12-10-19(11-13-20)27(33)34-24-17(3)6-5-7-18(24)4/h5-14,29H,1-4H3. The molecule has 6 nitrogen and oxygen atoms in total. The molecule has 7 heteroatoms. The molecule has 0 radical (unpaired) electrons. The van der Waals surface area contributed by atoms with Crippen molar-refractivity contribution in [2.24, 2.45) is 0 Å². The smallest absolute Gasteiger partial charge is 0.343 e. The third kappa shape index (κ3) is 4.32. The highest BCUT2D eigenvalue weighted by Crippen LogP contribution is 2.32. The lowest BCUT2D eigenvalue weighted by Gasteiger charge is -2.18. The Kier molecular flexibility index (Phi) is 6.26. The third-order valence-corrected chi connectivity index (χ3v) is 5.98. The number of nitrogens with one attached hydrogen (secondary N) is 1. The Balaban J connectivity index is 1.52. The van der Waals surface area contributed by atoms with Crippen LogP contribution in [-0.4, -0.2) is 17.8 Å². The normalized spacial score (nSPS) is 13.5. The number of benzene rings is 3. The summed E-state index contributed by atoms with van der Waals surface area (Å²) in [5.41, 5.74) is 4.76. The molecule has 3 aromatic rings. The molecule has 0 aliphatic carbocycles. The first kappa shape index (κ1) is 23.3. The van der Waals surface area contributed by atoms with Gasteiger partial charge in [-0.05, 0) is 80.3 Å². The number of hydrogen-bond donors (Lipinski definition) is 1. The summed E-state index contributed by atoms with van der Waals surface area (Å²) in [6, 6.07) is 17.6. The number of amides is 2. The molecule has 2 amide bonds. The van der Waals surface area contributed by atoms with Gasteiger partial charge in [-0.2, -0.15) is 0 Å². The minimum absolute atomic E-state index is 0.0153. The molecule has 34 heavy (non-hydrogen) atoms. The van der Waals surface area contributed by atoms with Crippen LogP contribution in [0, 0.1) is 27.7 Å². The van der Waals surface area contributed by atoms with E-state index in [4.69, 9.17) is 16.3 Å².